The number of likely N-dealkylation sites (N-methyl/N-ethyl adjacent to an activating group) is 1. The molecule has 2 aliphatic rings. The van der Waals surface area contributed by atoms with Gasteiger partial charge in [0.1, 0.15) is 5.69 Å². The van der Waals surface area contributed by atoms with E-state index in [-0.39, 0.29) is 17.7 Å². The Hall–Kier alpha value is -3.00. The number of benzene rings is 1. The van der Waals surface area contributed by atoms with Crippen LogP contribution >= 0.6 is 0 Å². The summed E-state index contributed by atoms with van der Waals surface area (Å²) >= 11 is 0. The highest BCUT2D eigenvalue weighted by atomic mass is 16.5. The Balaban J connectivity index is 1.18. The highest BCUT2D eigenvalue weighted by molar-refractivity contribution is 5.92. The van der Waals surface area contributed by atoms with Crippen LogP contribution in [0.2, 0.25) is 0 Å². The molecule has 0 radical (unpaired) electrons. The number of nitrogens with zero attached hydrogens (tertiary/aromatic N) is 5. The van der Waals surface area contributed by atoms with E-state index in [1.165, 1.54) is 5.69 Å². The number of rotatable bonds is 5. The second-order valence-electron chi connectivity index (χ2n) is 7.76. The van der Waals surface area contributed by atoms with Crippen LogP contribution < -0.4 is 5.32 Å². The molecule has 8 nitrogen and oxygen atoms in total. The quantitative estimate of drug-likeness (QED) is 0.731. The summed E-state index contributed by atoms with van der Waals surface area (Å²) in [5, 5.41) is 15.4. The Morgan fingerprint density at radius 1 is 1.21 bits per heavy atom. The van der Waals surface area contributed by atoms with Gasteiger partial charge in [0.15, 0.2) is 0 Å². The van der Waals surface area contributed by atoms with Crippen LogP contribution in [0.4, 0.5) is 0 Å². The van der Waals surface area contributed by atoms with Crippen LogP contribution in [-0.2, 0) is 0 Å². The SMILES string of the molecule is CN1CC(c2cnnn2C2CC(NC(=O)c3cc(-c4ccccc4)no3)C2)C1. The fourth-order valence-electron chi connectivity index (χ4n) is 4.00. The molecule has 1 aliphatic heterocycles. The first-order chi connectivity index (χ1) is 13.7. The number of carbonyl (C=O) groups is 1. The van der Waals surface area contributed by atoms with Gasteiger partial charge in [-0.2, -0.15) is 0 Å². The van der Waals surface area contributed by atoms with Gasteiger partial charge in [-0.15, -0.1) is 5.10 Å². The summed E-state index contributed by atoms with van der Waals surface area (Å²) in [5.74, 6) is 0.526. The van der Waals surface area contributed by atoms with E-state index in [9.17, 15) is 4.79 Å². The molecular weight excluding hydrogens is 356 g/mol. The molecule has 1 saturated carbocycles. The van der Waals surface area contributed by atoms with Gasteiger partial charge in [-0.25, -0.2) is 4.68 Å². The number of aromatic nitrogens is 4. The highest BCUT2D eigenvalue weighted by Crippen LogP contribution is 2.35. The second kappa shape index (κ2) is 6.87. The summed E-state index contributed by atoms with van der Waals surface area (Å²) < 4.78 is 7.28. The van der Waals surface area contributed by atoms with E-state index in [0.717, 1.165) is 31.5 Å². The third kappa shape index (κ3) is 3.09. The van der Waals surface area contributed by atoms with Crippen LogP contribution in [0, 0.1) is 0 Å². The fourth-order valence-corrected chi connectivity index (χ4v) is 4.00. The van der Waals surface area contributed by atoms with Gasteiger partial charge in [0, 0.05) is 36.7 Å². The topological polar surface area (TPSA) is 89.1 Å². The van der Waals surface area contributed by atoms with Crippen LogP contribution in [0.25, 0.3) is 11.3 Å². The monoisotopic (exact) mass is 378 g/mol. The zero-order chi connectivity index (χ0) is 19.1. The van der Waals surface area contributed by atoms with Crippen molar-refractivity contribution >= 4 is 5.91 Å². The molecule has 0 atom stereocenters. The molecule has 5 rings (SSSR count). The number of carbonyl (C=O) groups excluding carboxylic acids is 1. The van der Waals surface area contributed by atoms with Crippen LogP contribution in [-0.4, -0.2) is 57.1 Å². The molecule has 1 N–H and O–H groups in total. The lowest BCUT2D eigenvalue weighted by atomic mass is 9.85. The van der Waals surface area contributed by atoms with Crippen molar-refractivity contribution in [1.29, 1.82) is 0 Å². The Morgan fingerprint density at radius 3 is 2.75 bits per heavy atom. The van der Waals surface area contributed by atoms with Crippen molar-refractivity contribution in [3.8, 4) is 11.3 Å². The molecule has 3 aromatic rings. The second-order valence-corrected chi connectivity index (χ2v) is 7.76. The van der Waals surface area contributed by atoms with Gasteiger partial charge in [-0.3, -0.25) is 4.79 Å². The number of amides is 1. The molecule has 3 heterocycles. The summed E-state index contributed by atoms with van der Waals surface area (Å²) in [6, 6.07) is 11.8. The average molecular weight is 378 g/mol. The maximum Gasteiger partial charge on any atom is 0.290 e. The molecule has 2 aromatic heterocycles. The Bertz CT molecular complexity index is 970. The molecule has 1 saturated heterocycles. The van der Waals surface area contributed by atoms with Gasteiger partial charge < -0.3 is 14.7 Å². The Kier molecular flexibility index (Phi) is 4.20. The van der Waals surface area contributed by atoms with Gasteiger partial charge in [0.05, 0.1) is 17.9 Å². The van der Waals surface area contributed by atoms with Crippen molar-refractivity contribution < 1.29 is 9.32 Å². The lowest BCUT2D eigenvalue weighted by Crippen LogP contribution is -2.47. The summed E-state index contributed by atoms with van der Waals surface area (Å²) in [7, 11) is 2.12. The van der Waals surface area contributed by atoms with Gasteiger partial charge in [-0.1, -0.05) is 40.7 Å². The normalized spacial score (nSPS) is 22.5. The third-order valence-corrected chi connectivity index (χ3v) is 5.68. The Labute approximate surface area is 162 Å². The molecule has 2 fully saturated rings. The fraction of sp³-hybridized carbons (Fsp3) is 0.400. The van der Waals surface area contributed by atoms with Crippen molar-refractivity contribution in [2.45, 2.75) is 30.8 Å². The smallest absolute Gasteiger partial charge is 0.290 e. The number of nitrogens with one attached hydrogen (secondary N) is 1. The minimum absolute atomic E-state index is 0.115. The van der Waals surface area contributed by atoms with Gasteiger partial charge in [0.2, 0.25) is 5.76 Å². The van der Waals surface area contributed by atoms with E-state index in [1.807, 2.05) is 41.2 Å². The average Bonchev–Trinajstić information content (AvgIpc) is 3.32. The van der Waals surface area contributed by atoms with E-state index < -0.39 is 0 Å². The molecule has 1 aromatic carbocycles. The number of likely N-dealkylation sites (tertiary alicyclic amines) is 1. The largest absolute Gasteiger partial charge is 0.350 e. The maximum absolute atomic E-state index is 12.5. The molecule has 1 aliphatic carbocycles. The lowest BCUT2D eigenvalue weighted by Gasteiger charge is -2.40. The van der Waals surface area contributed by atoms with E-state index in [0.29, 0.717) is 17.7 Å². The zero-order valence-electron chi connectivity index (χ0n) is 15.7. The van der Waals surface area contributed by atoms with Gasteiger partial charge >= 0.3 is 0 Å². The molecule has 0 spiro atoms. The van der Waals surface area contributed by atoms with Crippen LogP contribution in [0.1, 0.15) is 41.1 Å². The summed E-state index contributed by atoms with van der Waals surface area (Å²) in [6.07, 6.45) is 3.58. The first kappa shape index (κ1) is 17.1. The van der Waals surface area contributed by atoms with Gasteiger partial charge in [-0.05, 0) is 19.9 Å². The summed E-state index contributed by atoms with van der Waals surface area (Å²) in [5.41, 5.74) is 2.79. The maximum atomic E-state index is 12.5. The van der Waals surface area contributed by atoms with Crippen molar-refractivity contribution in [3.05, 3.63) is 54.0 Å². The van der Waals surface area contributed by atoms with E-state index in [2.05, 4.69) is 32.7 Å². The van der Waals surface area contributed by atoms with E-state index >= 15 is 0 Å². The van der Waals surface area contributed by atoms with Crippen molar-refractivity contribution in [2.75, 3.05) is 20.1 Å². The first-order valence-corrected chi connectivity index (χ1v) is 9.59. The van der Waals surface area contributed by atoms with Gasteiger partial charge in [0.25, 0.3) is 5.91 Å². The van der Waals surface area contributed by atoms with Crippen LogP contribution in [0.5, 0.6) is 0 Å². The molecule has 1 amide bonds. The minimum atomic E-state index is -0.224. The molecule has 144 valence electrons. The van der Waals surface area contributed by atoms with Crippen LogP contribution in [0.15, 0.2) is 47.1 Å². The van der Waals surface area contributed by atoms with Crippen molar-refractivity contribution in [2.24, 2.45) is 0 Å². The van der Waals surface area contributed by atoms with E-state index in [1.54, 1.807) is 6.07 Å². The molecule has 0 bridgehead atoms. The summed E-state index contributed by atoms with van der Waals surface area (Å²) in [6.45, 7) is 2.10. The zero-order valence-corrected chi connectivity index (χ0v) is 15.7. The summed E-state index contributed by atoms with van der Waals surface area (Å²) in [4.78, 5) is 14.8. The predicted octanol–water partition coefficient (Wildman–Crippen LogP) is 2.10. The third-order valence-electron chi connectivity index (χ3n) is 5.68. The Morgan fingerprint density at radius 2 is 2.00 bits per heavy atom. The van der Waals surface area contributed by atoms with Crippen molar-refractivity contribution in [1.82, 2.24) is 30.4 Å². The number of hydrogen-bond donors (Lipinski definition) is 1. The lowest BCUT2D eigenvalue weighted by molar-refractivity contribution is 0.0845. The van der Waals surface area contributed by atoms with E-state index in [4.69, 9.17) is 4.52 Å². The highest BCUT2D eigenvalue weighted by Gasteiger charge is 2.37. The molecule has 0 unspecified atom stereocenters. The molecule has 8 heteroatoms. The number of hydrogen-bond acceptors (Lipinski definition) is 6. The molecular formula is C20H22N6O2. The predicted molar refractivity (Wildman–Crippen MR) is 102 cm³/mol. The first-order valence-electron chi connectivity index (χ1n) is 9.59. The standard InChI is InChI=1S/C20H22N6O2/c1-25-11-14(12-25)18-10-21-24-26(18)16-7-15(8-16)22-20(27)19-9-17(23-28-19)13-5-3-2-4-6-13/h2-6,9-10,14-16H,7-8,11-12H2,1H3,(H,22,27). The van der Waals surface area contributed by atoms with Crippen LogP contribution in [0.3, 0.4) is 0 Å². The minimum Gasteiger partial charge on any atom is -0.350 e. The van der Waals surface area contributed by atoms with Crippen molar-refractivity contribution in [3.63, 3.8) is 0 Å². The molecule has 28 heavy (non-hydrogen) atoms.